The Morgan fingerprint density at radius 2 is 1.88 bits per heavy atom. The fourth-order valence-electron chi connectivity index (χ4n) is 2.50. The highest BCUT2D eigenvalue weighted by molar-refractivity contribution is 5.44. The molecular formula is C17H19N5O2. The van der Waals surface area contributed by atoms with E-state index in [0.717, 1.165) is 17.1 Å². The van der Waals surface area contributed by atoms with Crippen LogP contribution in [0.3, 0.4) is 0 Å². The van der Waals surface area contributed by atoms with Gasteiger partial charge in [0.05, 0.1) is 14.2 Å². The largest absolute Gasteiger partial charge is 0.496 e. The minimum atomic E-state index is -0.270. The number of anilines is 1. The monoisotopic (exact) mass is 325 g/mol. The molecule has 0 saturated carbocycles. The van der Waals surface area contributed by atoms with E-state index in [-0.39, 0.29) is 6.04 Å². The molecule has 2 heterocycles. The van der Waals surface area contributed by atoms with Gasteiger partial charge in [-0.2, -0.15) is 4.98 Å². The number of imidazole rings is 1. The van der Waals surface area contributed by atoms with Gasteiger partial charge in [-0.25, -0.2) is 9.97 Å². The van der Waals surface area contributed by atoms with Gasteiger partial charge in [0.1, 0.15) is 17.6 Å². The fraction of sp³-hybridized carbons (Fsp3) is 0.235. The number of methoxy groups -OCH3 is 2. The molecule has 0 radical (unpaired) electrons. The second kappa shape index (κ2) is 6.99. The average molecular weight is 325 g/mol. The standard InChI is InChI=1S/C17H19N5O2/c1-22-11-10-18-16(22)15(12-6-4-5-7-13(12)23-2)21-17-19-9-8-14(20-17)24-3/h4-11,15H,1-3H3,(H,19,20,21)/t15-/m0/s1. The van der Waals surface area contributed by atoms with Crippen LogP contribution in [0.1, 0.15) is 17.4 Å². The van der Waals surface area contributed by atoms with Gasteiger partial charge in [-0.3, -0.25) is 0 Å². The van der Waals surface area contributed by atoms with Crippen molar-refractivity contribution in [2.75, 3.05) is 19.5 Å². The van der Waals surface area contributed by atoms with Crippen LogP contribution in [0, 0.1) is 0 Å². The van der Waals surface area contributed by atoms with Gasteiger partial charge in [0.15, 0.2) is 0 Å². The molecule has 0 bridgehead atoms. The van der Waals surface area contributed by atoms with Gasteiger partial charge >= 0.3 is 0 Å². The molecule has 124 valence electrons. The van der Waals surface area contributed by atoms with Crippen molar-refractivity contribution in [2.45, 2.75) is 6.04 Å². The summed E-state index contributed by atoms with van der Waals surface area (Å²) < 4.78 is 12.6. The van der Waals surface area contributed by atoms with Crippen molar-refractivity contribution in [3.63, 3.8) is 0 Å². The highest BCUT2D eigenvalue weighted by Crippen LogP contribution is 2.31. The van der Waals surface area contributed by atoms with Crippen LogP contribution in [-0.4, -0.2) is 33.7 Å². The van der Waals surface area contributed by atoms with Gasteiger partial charge in [0, 0.05) is 37.3 Å². The minimum Gasteiger partial charge on any atom is -0.496 e. The maximum atomic E-state index is 5.50. The highest BCUT2D eigenvalue weighted by atomic mass is 16.5. The number of benzene rings is 1. The van der Waals surface area contributed by atoms with Crippen molar-refractivity contribution in [1.82, 2.24) is 19.5 Å². The molecule has 7 heteroatoms. The molecule has 7 nitrogen and oxygen atoms in total. The summed E-state index contributed by atoms with van der Waals surface area (Å²) >= 11 is 0. The smallest absolute Gasteiger partial charge is 0.226 e. The van der Waals surface area contributed by atoms with Crippen LogP contribution in [0.15, 0.2) is 48.9 Å². The summed E-state index contributed by atoms with van der Waals surface area (Å²) in [5.74, 6) is 2.53. The average Bonchev–Trinajstić information content (AvgIpc) is 3.05. The molecule has 0 unspecified atom stereocenters. The molecule has 1 atom stereocenters. The van der Waals surface area contributed by atoms with Crippen LogP contribution in [-0.2, 0) is 7.05 Å². The molecule has 3 aromatic rings. The molecule has 3 rings (SSSR count). The minimum absolute atomic E-state index is 0.270. The number of aromatic nitrogens is 4. The van der Waals surface area contributed by atoms with E-state index in [9.17, 15) is 0 Å². The normalized spacial score (nSPS) is 11.8. The summed E-state index contributed by atoms with van der Waals surface area (Å²) in [6.45, 7) is 0. The number of aryl methyl sites for hydroxylation is 1. The van der Waals surface area contributed by atoms with E-state index in [2.05, 4.69) is 20.3 Å². The van der Waals surface area contributed by atoms with Crippen molar-refractivity contribution in [3.05, 3.63) is 60.3 Å². The Bertz CT molecular complexity index is 818. The summed E-state index contributed by atoms with van der Waals surface area (Å²) in [5.41, 5.74) is 0.945. The predicted octanol–water partition coefficient (Wildman–Crippen LogP) is 2.43. The first-order chi connectivity index (χ1) is 11.7. The first-order valence-corrected chi connectivity index (χ1v) is 7.46. The number of hydrogen-bond acceptors (Lipinski definition) is 6. The van der Waals surface area contributed by atoms with Crippen LogP contribution in [0.25, 0.3) is 0 Å². The number of ether oxygens (including phenoxy) is 2. The second-order valence-electron chi connectivity index (χ2n) is 5.14. The lowest BCUT2D eigenvalue weighted by molar-refractivity contribution is 0.397. The van der Waals surface area contributed by atoms with Crippen LogP contribution in [0.4, 0.5) is 5.95 Å². The number of hydrogen-bond donors (Lipinski definition) is 1. The molecule has 0 aliphatic rings. The topological polar surface area (TPSA) is 74.1 Å². The number of rotatable bonds is 6. The lowest BCUT2D eigenvalue weighted by atomic mass is 10.0. The van der Waals surface area contributed by atoms with Gasteiger partial charge in [0.25, 0.3) is 0 Å². The van der Waals surface area contributed by atoms with E-state index in [1.807, 2.05) is 42.1 Å². The lowest BCUT2D eigenvalue weighted by Crippen LogP contribution is -2.19. The van der Waals surface area contributed by atoms with E-state index in [1.165, 1.54) is 0 Å². The Labute approximate surface area is 140 Å². The highest BCUT2D eigenvalue weighted by Gasteiger charge is 2.22. The van der Waals surface area contributed by atoms with Crippen LogP contribution in [0.5, 0.6) is 11.6 Å². The Morgan fingerprint density at radius 1 is 1.04 bits per heavy atom. The van der Waals surface area contributed by atoms with Gasteiger partial charge in [-0.15, -0.1) is 0 Å². The number of nitrogens with one attached hydrogen (secondary N) is 1. The predicted molar refractivity (Wildman–Crippen MR) is 90.3 cm³/mol. The first kappa shape index (κ1) is 15.8. The van der Waals surface area contributed by atoms with E-state index >= 15 is 0 Å². The van der Waals surface area contributed by atoms with E-state index in [0.29, 0.717) is 11.8 Å². The SMILES string of the molecule is COc1ccnc(N[C@@H](c2ccccc2OC)c2nccn2C)n1. The summed E-state index contributed by atoms with van der Waals surface area (Å²) in [6.07, 6.45) is 5.30. The summed E-state index contributed by atoms with van der Waals surface area (Å²) in [5, 5.41) is 3.32. The van der Waals surface area contributed by atoms with Gasteiger partial charge in [-0.05, 0) is 6.07 Å². The molecule has 0 aliphatic heterocycles. The zero-order chi connectivity index (χ0) is 16.9. The second-order valence-corrected chi connectivity index (χ2v) is 5.14. The van der Waals surface area contributed by atoms with Crippen molar-refractivity contribution in [2.24, 2.45) is 7.05 Å². The molecule has 0 aliphatic carbocycles. The van der Waals surface area contributed by atoms with Gasteiger partial charge < -0.3 is 19.4 Å². The quantitative estimate of drug-likeness (QED) is 0.750. The molecule has 1 N–H and O–H groups in total. The third-order valence-electron chi connectivity index (χ3n) is 3.68. The van der Waals surface area contributed by atoms with Crippen molar-refractivity contribution in [3.8, 4) is 11.6 Å². The van der Waals surface area contributed by atoms with E-state index < -0.39 is 0 Å². The van der Waals surface area contributed by atoms with Crippen LogP contribution >= 0.6 is 0 Å². The molecule has 0 saturated heterocycles. The third-order valence-corrected chi connectivity index (χ3v) is 3.68. The third kappa shape index (κ3) is 3.15. The lowest BCUT2D eigenvalue weighted by Gasteiger charge is -2.21. The van der Waals surface area contributed by atoms with Crippen molar-refractivity contribution in [1.29, 1.82) is 0 Å². The van der Waals surface area contributed by atoms with Gasteiger partial charge in [-0.1, -0.05) is 18.2 Å². The summed E-state index contributed by atoms with van der Waals surface area (Å²) in [7, 11) is 5.16. The van der Waals surface area contributed by atoms with Crippen molar-refractivity contribution >= 4 is 5.95 Å². The molecule has 0 fully saturated rings. The molecule has 24 heavy (non-hydrogen) atoms. The van der Waals surface area contributed by atoms with Crippen LogP contribution < -0.4 is 14.8 Å². The molecule has 1 aromatic carbocycles. The zero-order valence-corrected chi connectivity index (χ0v) is 13.8. The molecule has 0 amide bonds. The van der Waals surface area contributed by atoms with Crippen LogP contribution in [0.2, 0.25) is 0 Å². The number of nitrogens with zero attached hydrogens (tertiary/aromatic N) is 4. The number of para-hydroxylation sites is 1. The van der Waals surface area contributed by atoms with Crippen molar-refractivity contribution < 1.29 is 9.47 Å². The van der Waals surface area contributed by atoms with Gasteiger partial charge in [0.2, 0.25) is 11.8 Å². The first-order valence-electron chi connectivity index (χ1n) is 7.46. The Hall–Kier alpha value is -3.09. The summed E-state index contributed by atoms with van der Waals surface area (Å²) in [6, 6.07) is 9.23. The Morgan fingerprint density at radius 3 is 2.58 bits per heavy atom. The summed E-state index contributed by atoms with van der Waals surface area (Å²) in [4.78, 5) is 13.1. The van der Waals surface area contributed by atoms with E-state index in [1.54, 1.807) is 32.7 Å². The molecule has 2 aromatic heterocycles. The van der Waals surface area contributed by atoms with E-state index in [4.69, 9.17) is 9.47 Å². The maximum Gasteiger partial charge on any atom is 0.226 e. The maximum absolute atomic E-state index is 5.50. The Balaban J connectivity index is 2.04. The molecular weight excluding hydrogens is 306 g/mol. The zero-order valence-electron chi connectivity index (χ0n) is 13.8. The molecule has 0 spiro atoms. The Kier molecular flexibility index (Phi) is 4.60. The fourth-order valence-corrected chi connectivity index (χ4v) is 2.50.